The van der Waals surface area contributed by atoms with Crippen molar-refractivity contribution in [1.82, 2.24) is 0 Å². The third-order valence-corrected chi connectivity index (χ3v) is 4.87. The third-order valence-electron chi connectivity index (χ3n) is 4.87. The first kappa shape index (κ1) is 15.0. The van der Waals surface area contributed by atoms with Crippen LogP contribution in [0.3, 0.4) is 0 Å². The van der Waals surface area contributed by atoms with Crippen molar-refractivity contribution in [2.75, 3.05) is 13.2 Å². The van der Waals surface area contributed by atoms with Gasteiger partial charge >= 0.3 is 0 Å². The molecule has 1 aromatic carbocycles. The monoisotopic (exact) mass is 316 g/mol. The van der Waals surface area contributed by atoms with Gasteiger partial charge in [0.1, 0.15) is 17.6 Å². The number of hydrogen-bond donors (Lipinski definition) is 0. The van der Waals surface area contributed by atoms with E-state index < -0.39 is 5.79 Å². The summed E-state index contributed by atoms with van der Waals surface area (Å²) in [6.45, 7) is 2.15. The molecule has 1 aromatic rings. The lowest BCUT2D eigenvalue weighted by Crippen LogP contribution is -2.53. The SMILES string of the molecule is c1ccc(CO[C@@H]2CCCO[C@@]23CCC2=C(CCCO2)O3)cc1. The molecule has 3 aliphatic heterocycles. The molecule has 0 radical (unpaired) electrons. The normalized spacial score (nSPS) is 30.5. The molecular formula is C19H24O4. The van der Waals surface area contributed by atoms with Crippen molar-refractivity contribution in [3.63, 3.8) is 0 Å². The number of rotatable bonds is 3. The molecule has 0 aromatic heterocycles. The fourth-order valence-corrected chi connectivity index (χ4v) is 3.65. The van der Waals surface area contributed by atoms with E-state index in [2.05, 4.69) is 12.1 Å². The van der Waals surface area contributed by atoms with Gasteiger partial charge in [0.2, 0.25) is 5.79 Å². The second-order valence-electron chi connectivity index (χ2n) is 6.49. The van der Waals surface area contributed by atoms with E-state index in [9.17, 15) is 0 Å². The number of hydrogen-bond acceptors (Lipinski definition) is 4. The summed E-state index contributed by atoms with van der Waals surface area (Å²) >= 11 is 0. The highest BCUT2D eigenvalue weighted by Gasteiger charge is 2.48. The summed E-state index contributed by atoms with van der Waals surface area (Å²) in [5.74, 6) is 1.39. The molecule has 1 spiro atoms. The average Bonchev–Trinajstić information content (AvgIpc) is 2.62. The summed E-state index contributed by atoms with van der Waals surface area (Å²) in [6, 6.07) is 10.3. The Labute approximate surface area is 137 Å². The van der Waals surface area contributed by atoms with Crippen molar-refractivity contribution in [3.8, 4) is 0 Å². The Morgan fingerprint density at radius 3 is 2.87 bits per heavy atom. The molecule has 3 aliphatic rings. The maximum absolute atomic E-state index is 6.33. The van der Waals surface area contributed by atoms with Gasteiger partial charge in [0.15, 0.2) is 0 Å². The van der Waals surface area contributed by atoms with Crippen molar-refractivity contribution >= 4 is 0 Å². The Morgan fingerprint density at radius 2 is 1.96 bits per heavy atom. The third kappa shape index (κ3) is 3.10. The van der Waals surface area contributed by atoms with Crippen LogP contribution in [0.4, 0.5) is 0 Å². The Hall–Kier alpha value is -1.52. The van der Waals surface area contributed by atoms with E-state index in [0.717, 1.165) is 63.3 Å². The fraction of sp³-hybridized carbons (Fsp3) is 0.579. The van der Waals surface area contributed by atoms with Crippen LogP contribution in [0.15, 0.2) is 41.9 Å². The number of ether oxygens (including phenoxy) is 4. The van der Waals surface area contributed by atoms with Crippen LogP contribution in [0.1, 0.15) is 44.1 Å². The summed E-state index contributed by atoms with van der Waals surface area (Å²) in [4.78, 5) is 0. The highest BCUT2D eigenvalue weighted by Crippen LogP contribution is 2.43. The first-order valence-corrected chi connectivity index (χ1v) is 8.69. The summed E-state index contributed by atoms with van der Waals surface area (Å²) in [5, 5.41) is 0. The van der Waals surface area contributed by atoms with Gasteiger partial charge in [-0.15, -0.1) is 0 Å². The fourth-order valence-electron chi connectivity index (χ4n) is 3.65. The van der Waals surface area contributed by atoms with Gasteiger partial charge in [-0.25, -0.2) is 0 Å². The molecule has 0 saturated carbocycles. The highest BCUT2D eigenvalue weighted by atomic mass is 16.7. The molecule has 4 heteroatoms. The average molecular weight is 316 g/mol. The zero-order chi connectivity index (χ0) is 15.5. The van der Waals surface area contributed by atoms with Gasteiger partial charge in [0.25, 0.3) is 0 Å². The number of benzene rings is 1. The predicted molar refractivity (Wildman–Crippen MR) is 85.5 cm³/mol. The van der Waals surface area contributed by atoms with Crippen molar-refractivity contribution in [3.05, 3.63) is 47.4 Å². The van der Waals surface area contributed by atoms with Crippen LogP contribution in [0, 0.1) is 0 Å². The summed E-state index contributed by atoms with van der Waals surface area (Å²) in [7, 11) is 0. The van der Waals surface area contributed by atoms with Crippen LogP contribution in [-0.2, 0) is 25.6 Å². The van der Waals surface area contributed by atoms with Crippen LogP contribution in [0.2, 0.25) is 0 Å². The second-order valence-corrected chi connectivity index (χ2v) is 6.49. The minimum absolute atomic E-state index is 0.0209. The van der Waals surface area contributed by atoms with Crippen LogP contribution >= 0.6 is 0 Å². The molecule has 124 valence electrons. The minimum Gasteiger partial charge on any atom is -0.494 e. The lowest BCUT2D eigenvalue weighted by Gasteiger charge is -2.46. The lowest BCUT2D eigenvalue weighted by atomic mass is 9.93. The van der Waals surface area contributed by atoms with Gasteiger partial charge < -0.3 is 18.9 Å². The number of allylic oxidation sites excluding steroid dienone is 2. The van der Waals surface area contributed by atoms with Crippen LogP contribution < -0.4 is 0 Å². The molecule has 0 unspecified atom stereocenters. The molecule has 0 amide bonds. The van der Waals surface area contributed by atoms with Gasteiger partial charge in [-0.3, -0.25) is 0 Å². The predicted octanol–water partition coefficient (Wildman–Crippen LogP) is 3.91. The van der Waals surface area contributed by atoms with Gasteiger partial charge in [-0.05, 0) is 24.8 Å². The van der Waals surface area contributed by atoms with Crippen LogP contribution in [0.25, 0.3) is 0 Å². The van der Waals surface area contributed by atoms with Crippen LogP contribution in [-0.4, -0.2) is 25.1 Å². The molecule has 0 aliphatic carbocycles. The molecule has 0 bridgehead atoms. The summed E-state index contributed by atoms with van der Waals surface area (Å²) in [6.07, 6.45) is 5.65. The Kier molecular flexibility index (Phi) is 4.27. The van der Waals surface area contributed by atoms with Crippen LogP contribution in [0.5, 0.6) is 0 Å². The van der Waals surface area contributed by atoms with Gasteiger partial charge in [0.05, 0.1) is 19.8 Å². The Balaban J connectivity index is 1.48. The van der Waals surface area contributed by atoms with E-state index in [1.807, 2.05) is 18.2 Å². The molecule has 1 fully saturated rings. The quantitative estimate of drug-likeness (QED) is 0.847. The van der Waals surface area contributed by atoms with Crippen molar-refractivity contribution < 1.29 is 18.9 Å². The molecule has 1 saturated heterocycles. The topological polar surface area (TPSA) is 36.9 Å². The van der Waals surface area contributed by atoms with E-state index >= 15 is 0 Å². The lowest BCUT2D eigenvalue weighted by molar-refractivity contribution is -0.308. The first-order chi connectivity index (χ1) is 11.4. The van der Waals surface area contributed by atoms with E-state index in [0.29, 0.717) is 6.61 Å². The molecule has 23 heavy (non-hydrogen) atoms. The van der Waals surface area contributed by atoms with Crippen molar-refractivity contribution in [2.45, 2.75) is 57.0 Å². The van der Waals surface area contributed by atoms with E-state index in [1.54, 1.807) is 0 Å². The largest absolute Gasteiger partial charge is 0.494 e. The first-order valence-electron chi connectivity index (χ1n) is 8.69. The molecule has 2 atom stereocenters. The van der Waals surface area contributed by atoms with Crippen molar-refractivity contribution in [1.29, 1.82) is 0 Å². The maximum Gasteiger partial charge on any atom is 0.237 e. The summed E-state index contributed by atoms with van der Waals surface area (Å²) in [5.41, 5.74) is 1.19. The van der Waals surface area contributed by atoms with E-state index in [1.165, 1.54) is 5.56 Å². The molecular weight excluding hydrogens is 292 g/mol. The maximum atomic E-state index is 6.33. The standard InChI is InChI=1S/C19H24O4/c1-2-6-15(7-3-1)14-21-18-9-5-13-22-19(18)11-10-16-17(23-19)8-4-12-20-16/h1-3,6-7,18H,4-5,8-14H2/t18-,19-/m1/s1. The molecule has 3 heterocycles. The van der Waals surface area contributed by atoms with E-state index in [4.69, 9.17) is 18.9 Å². The zero-order valence-electron chi connectivity index (χ0n) is 13.5. The zero-order valence-corrected chi connectivity index (χ0v) is 13.5. The second kappa shape index (κ2) is 6.54. The minimum atomic E-state index is -0.618. The Bertz CT molecular complexity index is 568. The van der Waals surface area contributed by atoms with E-state index in [-0.39, 0.29) is 6.10 Å². The smallest absolute Gasteiger partial charge is 0.237 e. The van der Waals surface area contributed by atoms with Gasteiger partial charge in [0, 0.05) is 19.3 Å². The molecule has 0 N–H and O–H groups in total. The Morgan fingerprint density at radius 1 is 1.04 bits per heavy atom. The highest BCUT2D eigenvalue weighted by molar-refractivity contribution is 5.14. The van der Waals surface area contributed by atoms with Gasteiger partial charge in [-0.2, -0.15) is 0 Å². The molecule has 4 rings (SSSR count). The summed E-state index contributed by atoms with van der Waals surface area (Å²) < 4.78 is 24.4. The molecule has 4 nitrogen and oxygen atoms in total. The van der Waals surface area contributed by atoms with Crippen molar-refractivity contribution in [2.24, 2.45) is 0 Å². The van der Waals surface area contributed by atoms with Gasteiger partial charge in [-0.1, -0.05) is 30.3 Å².